The van der Waals surface area contributed by atoms with Crippen LogP contribution in [0.3, 0.4) is 0 Å². The Morgan fingerprint density at radius 2 is 2.04 bits per heavy atom. The van der Waals surface area contributed by atoms with Gasteiger partial charge in [-0.25, -0.2) is 9.67 Å². The van der Waals surface area contributed by atoms with Crippen molar-refractivity contribution in [1.82, 2.24) is 34.7 Å². The van der Waals surface area contributed by atoms with E-state index >= 15 is 0 Å². The van der Waals surface area contributed by atoms with Gasteiger partial charge in [-0.3, -0.25) is 4.98 Å². The van der Waals surface area contributed by atoms with Crippen molar-refractivity contribution >= 4 is 16.5 Å². The molecule has 0 saturated heterocycles. The lowest BCUT2D eigenvalue weighted by atomic mass is 10.1. The molecule has 0 fully saturated rings. The molecule has 1 aliphatic heterocycles. The normalized spacial score (nSPS) is 16.5. The minimum absolute atomic E-state index is 0.0260. The van der Waals surface area contributed by atoms with Crippen LogP contribution in [0.25, 0.3) is 16.5 Å². The third-order valence-electron chi connectivity index (χ3n) is 4.37. The molecule has 134 valence electrons. The van der Waals surface area contributed by atoms with Gasteiger partial charge in [-0.05, 0) is 19.1 Å². The standard InChI is InChI=1S/C18H16N8O/c1-12-9-15(24-27-12)18-22-17(11-25-20-7-8-21-25)23-26(18)16-4-2-3-13-10-19-6-5-14(13)16/h2-8,10,12H,9,11H2,1H3. The molecule has 1 unspecified atom stereocenters. The van der Waals surface area contributed by atoms with Crippen LogP contribution in [0.1, 0.15) is 25.0 Å². The van der Waals surface area contributed by atoms with Crippen LogP contribution in [0.5, 0.6) is 0 Å². The molecule has 0 spiro atoms. The third-order valence-corrected chi connectivity index (χ3v) is 4.37. The summed E-state index contributed by atoms with van der Waals surface area (Å²) in [5, 5.41) is 19.3. The highest BCUT2D eigenvalue weighted by atomic mass is 16.6. The molecule has 4 aromatic rings. The summed E-state index contributed by atoms with van der Waals surface area (Å²) in [6.45, 7) is 2.36. The number of aromatic nitrogens is 7. The van der Waals surface area contributed by atoms with Crippen molar-refractivity contribution in [2.75, 3.05) is 0 Å². The predicted octanol–water partition coefficient (Wildman–Crippen LogP) is 1.97. The van der Waals surface area contributed by atoms with Gasteiger partial charge < -0.3 is 4.84 Å². The number of fused-ring (bicyclic) bond motifs is 1. The Bertz CT molecular complexity index is 1130. The number of oxime groups is 1. The van der Waals surface area contributed by atoms with E-state index in [0.717, 1.165) is 22.2 Å². The van der Waals surface area contributed by atoms with E-state index in [-0.39, 0.29) is 6.10 Å². The molecule has 0 aliphatic carbocycles. The van der Waals surface area contributed by atoms with Crippen LogP contribution in [-0.4, -0.2) is 46.6 Å². The van der Waals surface area contributed by atoms with Gasteiger partial charge in [-0.1, -0.05) is 17.3 Å². The summed E-state index contributed by atoms with van der Waals surface area (Å²) < 4.78 is 1.82. The molecular formula is C18H16N8O. The van der Waals surface area contributed by atoms with E-state index in [2.05, 4.69) is 20.3 Å². The first-order chi connectivity index (χ1) is 13.3. The molecule has 0 N–H and O–H groups in total. The highest BCUT2D eigenvalue weighted by Gasteiger charge is 2.25. The smallest absolute Gasteiger partial charge is 0.181 e. The lowest BCUT2D eigenvalue weighted by Crippen LogP contribution is -2.11. The second kappa shape index (κ2) is 6.27. The maximum Gasteiger partial charge on any atom is 0.181 e. The van der Waals surface area contributed by atoms with Crippen molar-refractivity contribution in [3.8, 4) is 5.69 Å². The zero-order chi connectivity index (χ0) is 18.2. The van der Waals surface area contributed by atoms with E-state index in [4.69, 9.17) is 14.9 Å². The van der Waals surface area contributed by atoms with Gasteiger partial charge in [0, 0.05) is 29.6 Å². The second-order valence-electron chi connectivity index (χ2n) is 6.36. The first-order valence-electron chi connectivity index (χ1n) is 8.64. The fraction of sp³-hybridized carbons (Fsp3) is 0.222. The number of nitrogens with zero attached hydrogens (tertiary/aromatic N) is 8. The summed E-state index contributed by atoms with van der Waals surface area (Å²) in [6, 6.07) is 7.99. The highest BCUT2D eigenvalue weighted by molar-refractivity contribution is 5.99. The Hall–Kier alpha value is -3.62. The molecule has 1 aliphatic rings. The fourth-order valence-corrected chi connectivity index (χ4v) is 3.15. The highest BCUT2D eigenvalue weighted by Crippen LogP contribution is 2.24. The lowest BCUT2D eigenvalue weighted by molar-refractivity contribution is 0.0995. The molecule has 0 amide bonds. The second-order valence-corrected chi connectivity index (χ2v) is 6.36. The minimum atomic E-state index is 0.0260. The molecule has 1 aromatic carbocycles. The fourth-order valence-electron chi connectivity index (χ4n) is 3.15. The predicted molar refractivity (Wildman–Crippen MR) is 97.5 cm³/mol. The summed E-state index contributed by atoms with van der Waals surface area (Å²) >= 11 is 0. The van der Waals surface area contributed by atoms with Gasteiger partial charge >= 0.3 is 0 Å². The van der Waals surface area contributed by atoms with E-state index in [1.807, 2.05) is 42.1 Å². The molecular weight excluding hydrogens is 344 g/mol. The van der Waals surface area contributed by atoms with Gasteiger partial charge in [0.1, 0.15) is 18.4 Å². The Morgan fingerprint density at radius 3 is 2.85 bits per heavy atom. The average molecular weight is 360 g/mol. The molecule has 3 aromatic heterocycles. The molecule has 0 bridgehead atoms. The molecule has 5 rings (SSSR count). The van der Waals surface area contributed by atoms with Crippen molar-refractivity contribution in [3.63, 3.8) is 0 Å². The summed E-state index contributed by atoms with van der Waals surface area (Å²) in [5.74, 6) is 1.28. The average Bonchev–Trinajstić information content (AvgIpc) is 3.43. The summed E-state index contributed by atoms with van der Waals surface area (Å²) in [7, 11) is 0. The quantitative estimate of drug-likeness (QED) is 0.552. The van der Waals surface area contributed by atoms with Gasteiger partial charge in [-0.15, -0.1) is 5.10 Å². The van der Waals surface area contributed by atoms with Crippen LogP contribution in [0.4, 0.5) is 0 Å². The van der Waals surface area contributed by atoms with Gasteiger partial charge in [0.15, 0.2) is 11.6 Å². The largest absolute Gasteiger partial charge is 0.392 e. The first kappa shape index (κ1) is 15.6. The summed E-state index contributed by atoms with van der Waals surface area (Å²) in [5.41, 5.74) is 1.69. The van der Waals surface area contributed by atoms with Crippen LogP contribution in [0, 0.1) is 0 Å². The Morgan fingerprint density at radius 1 is 1.15 bits per heavy atom. The van der Waals surface area contributed by atoms with Crippen molar-refractivity contribution in [1.29, 1.82) is 0 Å². The first-order valence-corrected chi connectivity index (χ1v) is 8.64. The monoisotopic (exact) mass is 360 g/mol. The van der Waals surface area contributed by atoms with Crippen molar-refractivity contribution < 1.29 is 4.84 Å². The van der Waals surface area contributed by atoms with Gasteiger partial charge in [-0.2, -0.15) is 15.0 Å². The van der Waals surface area contributed by atoms with Gasteiger partial charge in [0.25, 0.3) is 0 Å². The molecule has 0 saturated carbocycles. The maximum absolute atomic E-state index is 5.38. The zero-order valence-electron chi connectivity index (χ0n) is 14.6. The Balaban J connectivity index is 1.66. The molecule has 0 radical (unpaired) electrons. The maximum atomic E-state index is 5.38. The molecule has 9 nitrogen and oxygen atoms in total. The summed E-state index contributed by atoms with van der Waals surface area (Å²) in [6.07, 6.45) is 7.58. The SMILES string of the molecule is CC1CC(c2nc(Cn3nccn3)nn2-c2cccc3cnccc23)=NO1. The summed E-state index contributed by atoms with van der Waals surface area (Å²) in [4.78, 5) is 15.8. The topological polar surface area (TPSA) is 95.9 Å². The number of pyridine rings is 1. The van der Waals surface area contributed by atoms with E-state index in [0.29, 0.717) is 24.6 Å². The lowest BCUT2D eigenvalue weighted by Gasteiger charge is -2.08. The van der Waals surface area contributed by atoms with Crippen LogP contribution >= 0.6 is 0 Å². The van der Waals surface area contributed by atoms with E-state index in [9.17, 15) is 0 Å². The molecule has 4 heterocycles. The Labute approximate surface area is 154 Å². The van der Waals surface area contributed by atoms with E-state index in [1.165, 1.54) is 0 Å². The molecule has 1 atom stereocenters. The van der Waals surface area contributed by atoms with Crippen molar-refractivity contribution in [2.45, 2.75) is 26.0 Å². The van der Waals surface area contributed by atoms with Crippen LogP contribution in [0.15, 0.2) is 54.2 Å². The van der Waals surface area contributed by atoms with Crippen molar-refractivity contribution in [3.05, 3.63) is 60.7 Å². The number of hydrogen-bond acceptors (Lipinski definition) is 7. The van der Waals surface area contributed by atoms with Gasteiger partial charge in [0.05, 0.1) is 18.1 Å². The van der Waals surface area contributed by atoms with Crippen LogP contribution < -0.4 is 0 Å². The molecule has 27 heavy (non-hydrogen) atoms. The third kappa shape index (κ3) is 2.82. The molecule has 9 heteroatoms. The van der Waals surface area contributed by atoms with Crippen molar-refractivity contribution in [2.24, 2.45) is 5.16 Å². The van der Waals surface area contributed by atoms with E-state index in [1.54, 1.807) is 23.4 Å². The van der Waals surface area contributed by atoms with Crippen LogP contribution in [0.2, 0.25) is 0 Å². The van der Waals surface area contributed by atoms with Gasteiger partial charge in [0.2, 0.25) is 0 Å². The Kier molecular flexibility index (Phi) is 3.63. The zero-order valence-corrected chi connectivity index (χ0v) is 14.6. The number of benzene rings is 1. The number of hydrogen-bond donors (Lipinski definition) is 0. The van der Waals surface area contributed by atoms with Crippen LogP contribution in [-0.2, 0) is 11.4 Å². The minimum Gasteiger partial charge on any atom is -0.392 e. The number of rotatable bonds is 4. The van der Waals surface area contributed by atoms with E-state index < -0.39 is 0 Å².